The highest BCUT2D eigenvalue weighted by molar-refractivity contribution is 9.12. The number of hydrogen-bond acceptors (Lipinski definition) is 2. The average Bonchev–Trinajstić information content (AvgIpc) is 2.18. The highest BCUT2D eigenvalue weighted by Gasteiger charge is 2.05. The smallest absolute Gasteiger partial charge is 0.170 e. The Kier molecular flexibility index (Phi) is 3.89. The molecule has 0 bridgehead atoms. The first kappa shape index (κ1) is 11.0. The van der Waals surface area contributed by atoms with E-state index in [1.54, 1.807) is 6.92 Å². The SMILES string of the molecule is CC(=O)/C(Br)=C(/C)Oc1ccccc1. The molecule has 0 saturated heterocycles. The lowest BCUT2D eigenvalue weighted by atomic mass is 10.3. The highest BCUT2D eigenvalue weighted by atomic mass is 79.9. The van der Waals surface area contributed by atoms with Gasteiger partial charge in [-0.05, 0) is 41.9 Å². The van der Waals surface area contributed by atoms with Gasteiger partial charge in [-0.25, -0.2) is 0 Å². The van der Waals surface area contributed by atoms with E-state index in [1.807, 2.05) is 30.3 Å². The van der Waals surface area contributed by atoms with Crippen LogP contribution in [0, 0.1) is 0 Å². The van der Waals surface area contributed by atoms with Crippen LogP contribution >= 0.6 is 15.9 Å². The lowest BCUT2D eigenvalue weighted by Gasteiger charge is -2.06. The molecule has 3 heteroatoms. The maximum Gasteiger partial charge on any atom is 0.170 e. The molecule has 0 amide bonds. The lowest BCUT2D eigenvalue weighted by Crippen LogP contribution is -1.98. The van der Waals surface area contributed by atoms with E-state index in [2.05, 4.69) is 15.9 Å². The molecule has 14 heavy (non-hydrogen) atoms. The Bertz CT molecular complexity index is 355. The third-order valence-corrected chi connectivity index (χ3v) is 2.75. The Hall–Kier alpha value is -1.09. The van der Waals surface area contributed by atoms with Crippen LogP contribution in [0.25, 0.3) is 0 Å². The second-order valence-corrected chi connectivity index (χ2v) is 3.63. The van der Waals surface area contributed by atoms with Gasteiger partial charge in [0, 0.05) is 0 Å². The molecule has 2 nitrogen and oxygen atoms in total. The molecule has 1 aromatic carbocycles. The minimum absolute atomic E-state index is 0.0431. The summed E-state index contributed by atoms with van der Waals surface area (Å²) in [6, 6.07) is 9.34. The summed E-state index contributed by atoms with van der Waals surface area (Å²) < 4.78 is 5.92. The molecule has 0 heterocycles. The minimum Gasteiger partial charge on any atom is -0.461 e. The van der Waals surface area contributed by atoms with Crippen molar-refractivity contribution in [1.29, 1.82) is 0 Å². The van der Waals surface area contributed by atoms with E-state index in [4.69, 9.17) is 4.74 Å². The Morgan fingerprint density at radius 2 is 1.79 bits per heavy atom. The van der Waals surface area contributed by atoms with Gasteiger partial charge in [0.1, 0.15) is 11.5 Å². The maximum atomic E-state index is 11.0. The van der Waals surface area contributed by atoms with E-state index >= 15 is 0 Å². The summed E-state index contributed by atoms with van der Waals surface area (Å²) in [5.41, 5.74) is 0. The molecule has 0 spiro atoms. The van der Waals surface area contributed by atoms with Crippen molar-refractivity contribution in [3.63, 3.8) is 0 Å². The molecule has 0 aliphatic carbocycles. The third kappa shape index (κ3) is 3.00. The van der Waals surface area contributed by atoms with Gasteiger partial charge in [-0.3, -0.25) is 4.79 Å². The van der Waals surface area contributed by atoms with Crippen LogP contribution in [0.3, 0.4) is 0 Å². The molecule has 0 aromatic heterocycles. The van der Waals surface area contributed by atoms with Crippen molar-refractivity contribution in [2.24, 2.45) is 0 Å². The van der Waals surface area contributed by atoms with Crippen LogP contribution in [0.1, 0.15) is 13.8 Å². The standard InChI is InChI=1S/C11H11BrO2/c1-8(13)11(12)9(2)14-10-6-4-3-5-7-10/h3-7H,1-2H3/b11-9+. The molecule has 0 fully saturated rings. The van der Waals surface area contributed by atoms with Crippen molar-refractivity contribution in [2.75, 3.05) is 0 Å². The zero-order chi connectivity index (χ0) is 10.6. The monoisotopic (exact) mass is 254 g/mol. The second kappa shape index (κ2) is 4.96. The van der Waals surface area contributed by atoms with E-state index in [0.717, 1.165) is 5.75 Å². The number of benzene rings is 1. The van der Waals surface area contributed by atoms with Gasteiger partial charge in [0.15, 0.2) is 5.78 Å². The van der Waals surface area contributed by atoms with Crippen LogP contribution in [0.4, 0.5) is 0 Å². The Labute approximate surface area is 91.7 Å². The number of allylic oxidation sites excluding steroid dienone is 2. The zero-order valence-electron chi connectivity index (χ0n) is 8.08. The summed E-state index contributed by atoms with van der Waals surface area (Å²) in [5.74, 6) is 1.25. The van der Waals surface area contributed by atoms with Crippen molar-refractivity contribution in [3.05, 3.63) is 40.6 Å². The van der Waals surface area contributed by atoms with Gasteiger partial charge in [0.25, 0.3) is 0 Å². The van der Waals surface area contributed by atoms with Crippen LogP contribution in [-0.4, -0.2) is 5.78 Å². The van der Waals surface area contributed by atoms with Crippen LogP contribution in [0.5, 0.6) is 5.75 Å². The number of carbonyl (C=O) groups excluding carboxylic acids is 1. The van der Waals surface area contributed by atoms with Crippen LogP contribution in [0.2, 0.25) is 0 Å². The van der Waals surface area contributed by atoms with E-state index in [9.17, 15) is 4.79 Å². The fourth-order valence-electron chi connectivity index (χ4n) is 0.958. The first-order valence-electron chi connectivity index (χ1n) is 4.21. The fourth-order valence-corrected chi connectivity index (χ4v) is 1.04. The summed E-state index contributed by atoms with van der Waals surface area (Å²) in [7, 11) is 0. The van der Waals surface area contributed by atoms with E-state index < -0.39 is 0 Å². The molecule has 0 radical (unpaired) electrons. The van der Waals surface area contributed by atoms with Crippen molar-refractivity contribution in [1.82, 2.24) is 0 Å². The number of halogens is 1. The summed E-state index contributed by atoms with van der Waals surface area (Å²) in [6.07, 6.45) is 0. The topological polar surface area (TPSA) is 26.3 Å². The normalized spacial score (nSPS) is 11.9. The molecule has 0 unspecified atom stereocenters. The summed E-state index contributed by atoms with van der Waals surface area (Å²) in [5, 5.41) is 0. The van der Waals surface area contributed by atoms with E-state index in [-0.39, 0.29) is 5.78 Å². The number of ketones is 1. The van der Waals surface area contributed by atoms with Crippen LogP contribution < -0.4 is 4.74 Å². The quantitative estimate of drug-likeness (QED) is 0.612. The minimum atomic E-state index is -0.0431. The van der Waals surface area contributed by atoms with Gasteiger partial charge in [-0.2, -0.15) is 0 Å². The first-order chi connectivity index (χ1) is 6.61. The van der Waals surface area contributed by atoms with Crippen LogP contribution in [0.15, 0.2) is 40.6 Å². The lowest BCUT2D eigenvalue weighted by molar-refractivity contribution is -0.113. The third-order valence-electron chi connectivity index (χ3n) is 1.63. The molecule has 0 aliphatic heterocycles. The second-order valence-electron chi connectivity index (χ2n) is 2.84. The maximum absolute atomic E-state index is 11.0. The molecule has 1 aromatic rings. The van der Waals surface area contributed by atoms with E-state index in [1.165, 1.54) is 6.92 Å². The highest BCUT2D eigenvalue weighted by Crippen LogP contribution is 2.18. The molecular formula is C11H11BrO2. The molecule has 1 rings (SSSR count). The largest absolute Gasteiger partial charge is 0.461 e. The van der Waals surface area contributed by atoms with Crippen molar-refractivity contribution in [3.8, 4) is 5.75 Å². The number of Topliss-reactive ketones (excluding diaryl/α,β-unsaturated/α-hetero) is 1. The molecule has 0 aliphatic rings. The van der Waals surface area contributed by atoms with Gasteiger partial charge in [0.05, 0.1) is 4.48 Å². The summed E-state index contributed by atoms with van der Waals surface area (Å²) in [6.45, 7) is 3.24. The van der Waals surface area contributed by atoms with Crippen molar-refractivity contribution < 1.29 is 9.53 Å². The predicted octanol–water partition coefficient (Wildman–Crippen LogP) is 3.28. The van der Waals surface area contributed by atoms with Crippen LogP contribution in [-0.2, 0) is 4.79 Å². The van der Waals surface area contributed by atoms with Gasteiger partial charge >= 0.3 is 0 Å². The molecule has 0 atom stereocenters. The van der Waals surface area contributed by atoms with Gasteiger partial charge in [0.2, 0.25) is 0 Å². The molecule has 74 valence electrons. The zero-order valence-corrected chi connectivity index (χ0v) is 9.67. The number of hydrogen-bond donors (Lipinski definition) is 0. The van der Waals surface area contributed by atoms with Crippen molar-refractivity contribution in [2.45, 2.75) is 13.8 Å². The predicted molar refractivity (Wildman–Crippen MR) is 59.4 cm³/mol. The number of para-hydroxylation sites is 1. The van der Waals surface area contributed by atoms with Crippen molar-refractivity contribution >= 4 is 21.7 Å². The number of rotatable bonds is 3. The Morgan fingerprint density at radius 1 is 1.21 bits per heavy atom. The molecule has 0 saturated carbocycles. The summed E-state index contributed by atoms with van der Waals surface area (Å²) in [4.78, 5) is 11.0. The Morgan fingerprint density at radius 3 is 2.29 bits per heavy atom. The number of carbonyl (C=O) groups is 1. The van der Waals surface area contributed by atoms with E-state index in [0.29, 0.717) is 10.2 Å². The number of ether oxygens (including phenoxy) is 1. The molecule has 0 N–H and O–H groups in total. The van der Waals surface area contributed by atoms with Gasteiger partial charge in [-0.15, -0.1) is 0 Å². The summed E-state index contributed by atoms with van der Waals surface area (Å²) >= 11 is 3.17. The Balaban J connectivity index is 2.80. The first-order valence-corrected chi connectivity index (χ1v) is 5.01. The van der Waals surface area contributed by atoms with Gasteiger partial charge in [-0.1, -0.05) is 18.2 Å². The average molecular weight is 255 g/mol. The fraction of sp³-hybridized carbons (Fsp3) is 0.182. The molecular weight excluding hydrogens is 244 g/mol. The van der Waals surface area contributed by atoms with Gasteiger partial charge < -0.3 is 4.74 Å².